The van der Waals surface area contributed by atoms with Crippen LogP contribution in [0.15, 0.2) is 18.5 Å². The van der Waals surface area contributed by atoms with Crippen LogP contribution in [0, 0.1) is 19.8 Å². The molecule has 3 aromatic rings. The summed E-state index contributed by atoms with van der Waals surface area (Å²) in [5.74, 6) is -1.01. The van der Waals surface area contributed by atoms with Crippen LogP contribution in [0.25, 0.3) is 11.0 Å². The summed E-state index contributed by atoms with van der Waals surface area (Å²) in [5, 5.41) is 4.97. The second kappa shape index (κ2) is 7.68. The summed E-state index contributed by atoms with van der Waals surface area (Å²) < 4.78 is 47.0. The Morgan fingerprint density at radius 1 is 1.12 bits per heavy atom. The molecule has 4 heterocycles. The molecule has 0 unspecified atom stereocenters. The van der Waals surface area contributed by atoms with Crippen LogP contribution < -0.4 is 4.90 Å². The van der Waals surface area contributed by atoms with Crippen LogP contribution in [0.4, 0.5) is 19.1 Å². The summed E-state index contributed by atoms with van der Waals surface area (Å²) in [5.41, 5.74) is 4.00. The van der Waals surface area contributed by atoms with Gasteiger partial charge < -0.3 is 9.64 Å². The third-order valence-electron chi connectivity index (χ3n) is 6.58. The molecule has 7 nitrogen and oxygen atoms in total. The average molecular weight is 446 g/mol. The molecule has 1 aliphatic carbocycles. The number of anilines is 1. The Balaban J connectivity index is 1.50. The van der Waals surface area contributed by atoms with E-state index >= 15 is 0 Å². The summed E-state index contributed by atoms with van der Waals surface area (Å²) >= 11 is 0. The highest BCUT2D eigenvalue weighted by molar-refractivity contribution is 5.80. The lowest BCUT2D eigenvalue weighted by Crippen LogP contribution is -2.40. The number of fused-ring (bicyclic) bond motifs is 1. The first-order valence-electron chi connectivity index (χ1n) is 10.8. The molecular formula is C22H25F3N6O. The van der Waals surface area contributed by atoms with E-state index < -0.39 is 12.1 Å². The number of aromatic nitrogens is 5. The van der Waals surface area contributed by atoms with Gasteiger partial charge in [0.05, 0.1) is 31.0 Å². The summed E-state index contributed by atoms with van der Waals surface area (Å²) in [6.07, 6.45) is -0.521. The number of pyridine rings is 1. The van der Waals surface area contributed by atoms with Crippen molar-refractivity contribution >= 4 is 17.0 Å². The maximum Gasteiger partial charge on any atom is 0.391 e. The predicted octanol–water partition coefficient (Wildman–Crippen LogP) is 4.01. The first-order chi connectivity index (χ1) is 15.2. The van der Waals surface area contributed by atoms with Crippen LogP contribution in [-0.2, 0) is 11.8 Å². The summed E-state index contributed by atoms with van der Waals surface area (Å²) in [7, 11) is 1.85. The van der Waals surface area contributed by atoms with Crippen LogP contribution in [0.2, 0.25) is 0 Å². The van der Waals surface area contributed by atoms with E-state index in [1.54, 1.807) is 10.9 Å². The summed E-state index contributed by atoms with van der Waals surface area (Å²) in [4.78, 5) is 16.2. The fourth-order valence-electron chi connectivity index (χ4n) is 4.45. The average Bonchev–Trinajstić information content (AvgIpc) is 3.13. The lowest BCUT2D eigenvalue weighted by atomic mass is 9.72. The van der Waals surface area contributed by atoms with Crippen LogP contribution in [0.5, 0.6) is 0 Å². The third kappa shape index (κ3) is 3.80. The number of ether oxygens (including phenoxy) is 1. The topological polar surface area (TPSA) is 69.0 Å². The molecule has 1 saturated heterocycles. The van der Waals surface area contributed by atoms with Gasteiger partial charge in [0.25, 0.3) is 0 Å². The summed E-state index contributed by atoms with van der Waals surface area (Å²) in [6, 6.07) is 1.95. The normalized spacial score (nSPS) is 24.1. The van der Waals surface area contributed by atoms with E-state index in [2.05, 4.69) is 10.1 Å². The molecule has 170 valence electrons. The van der Waals surface area contributed by atoms with E-state index in [1.807, 2.05) is 38.1 Å². The third-order valence-corrected chi connectivity index (χ3v) is 6.58. The minimum atomic E-state index is -4.16. The number of alkyl halides is 3. The molecule has 1 aliphatic heterocycles. The van der Waals surface area contributed by atoms with E-state index in [9.17, 15) is 13.2 Å². The summed E-state index contributed by atoms with van der Waals surface area (Å²) in [6.45, 7) is 5.49. The minimum absolute atomic E-state index is 0.0589. The number of aryl methyl sites for hydroxylation is 3. The Morgan fingerprint density at radius 2 is 1.91 bits per heavy atom. The monoisotopic (exact) mass is 446 g/mol. The maximum atomic E-state index is 13.1. The van der Waals surface area contributed by atoms with Crippen molar-refractivity contribution in [3.63, 3.8) is 0 Å². The van der Waals surface area contributed by atoms with Gasteiger partial charge in [-0.1, -0.05) is 0 Å². The van der Waals surface area contributed by atoms with Gasteiger partial charge in [-0.25, -0.2) is 9.97 Å². The van der Waals surface area contributed by atoms with Crippen molar-refractivity contribution in [1.29, 1.82) is 0 Å². The lowest BCUT2D eigenvalue weighted by molar-refractivity contribution is -0.197. The molecule has 5 rings (SSSR count). The molecule has 1 atom stereocenters. The van der Waals surface area contributed by atoms with Crippen LogP contribution in [0.3, 0.4) is 0 Å². The van der Waals surface area contributed by atoms with Gasteiger partial charge in [0, 0.05) is 42.4 Å². The molecule has 0 spiro atoms. The van der Waals surface area contributed by atoms with Gasteiger partial charge in [-0.2, -0.15) is 23.3 Å². The lowest BCUT2D eigenvalue weighted by Gasteiger charge is -2.37. The molecule has 3 aromatic heterocycles. The van der Waals surface area contributed by atoms with Gasteiger partial charge in [0.15, 0.2) is 5.65 Å². The van der Waals surface area contributed by atoms with Crippen LogP contribution in [0.1, 0.15) is 47.4 Å². The number of halogens is 3. The van der Waals surface area contributed by atoms with E-state index in [1.165, 1.54) is 0 Å². The molecule has 0 aromatic carbocycles. The fraction of sp³-hybridized carbons (Fsp3) is 0.545. The maximum absolute atomic E-state index is 13.1. The molecule has 1 saturated carbocycles. The van der Waals surface area contributed by atoms with Crippen molar-refractivity contribution in [3.8, 4) is 0 Å². The zero-order valence-corrected chi connectivity index (χ0v) is 18.2. The van der Waals surface area contributed by atoms with Crippen LogP contribution in [-0.4, -0.2) is 50.6 Å². The minimum Gasteiger partial charge on any atom is -0.370 e. The Bertz CT molecular complexity index is 1150. The number of hydrogen-bond acceptors (Lipinski definition) is 6. The molecule has 32 heavy (non-hydrogen) atoms. The van der Waals surface area contributed by atoms with Gasteiger partial charge in [0.1, 0.15) is 6.10 Å². The van der Waals surface area contributed by atoms with Crippen molar-refractivity contribution in [3.05, 3.63) is 41.0 Å². The molecule has 2 aliphatic rings. The van der Waals surface area contributed by atoms with Gasteiger partial charge in [0.2, 0.25) is 5.95 Å². The van der Waals surface area contributed by atoms with Gasteiger partial charge in [-0.05, 0) is 38.3 Å². The molecule has 0 amide bonds. The van der Waals surface area contributed by atoms with E-state index in [4.69, 9.17) is 14.7 Å². The van der Waals surface area contributed by atoms with E-state index in [0.717, 1.165) is 22.2 Å². The van der Waals surface area contributed by atoms with Gasteiger partial charge in [-0.15, -0.1) is 0 Å². The fourth-order valence-corrected chi connectivity index (χ4v) is 4.45. The highest BCUT2D eigenvalue weighted by atomic mass is 19.4. The molecule has 0 N–H and O–H groups in total. The second-order valence-corrected chi connectivity index (χ2v) is 8.83. The Kier molecular flexibility index (Phi) is 5.07. The Morgan fingerprint density at radius 3 is 2.59 bits per heavy atom. The standard InChI is InChI=1S/C22H25F3N6O/c1-12-6-17-19(14-7-16(8-14)22(23,24)25)28-21(29-20(17)27-13(12)2)31-4-5-32-18(11-31)15-9-26-30(3)10-15/h6,9-10,14,16,18H,4-5,7-8,11H2,1-3H3/t14-,16-,18-/m1/s1. The number of rotatable bonds is 3. The van der Waals surface area contributed by atoms with E-state index in [0.29, 0.717) is 37.0 Å². The first-order valence-corrected chi connectivity index (χ1v) is 10.8. The Labute approximate surface area is 183 Å². The van der Waals surface area contributed by atoms with Gasteiger partial charge >= 0.3 is 6.18 Å². The van der Waals surface area contributed by atoms with Gasteiger partial charge in [-0.3, -0.25) is 4.68 Å². The molecule has 10 heteroatoms. The number of morpholine rings is 1. The highest BCUT2D eigenvalue weighted by Gasteiger charge is 2.49. The first kappa shape index (κ1) is 21.1. The Hall–Kier alpha value is -2.75. The number of hydrogen-bond donors (Lipinski definition) is 0. The van der Waals surface area contributed by atoms with Crippen molar-refractivity contribution in [2.75, 3.05) is 24.6 Å². The van der Waals surface area contributed by atoms with Crippen molar-refractivity contribution in [2.45, 2.75) is 44.9 Å². The second-order valence-electron chi connectivity index (χ2n) is 8.83. The van der Waals surface area contributed by atoms with Crippen molar-refractivity contribution < 1.29 is 17.9 Å². The molecule has 0 radical (unpaired) electrons. The zero-order chi connectivity index (χ0) is 22.6. The number of nitrogens with zero attached hydrogens (tertiary/aromatic N) is 6. The van der Waals surface area contributed by atoms with Crippen molar-refractivity contribution in [2.24, 2.45) is 13.0 Å². The van der Waals surface area contributed by atoms with Crippen molar-refractivity contribution in [1.82, 2.24) is 24.7 Å². The quantitative estimate of drug-likeness (QED) is 0.606. The largest absolute Gasteiger partial charge is 0.391 e. The molecular weight excluding hydrogens is 421 g/mol. The van der Waals surface area contributed by atoms with Crippen LogP contribution >= 0.6 is 0 Å². The molecule has 0 bridgehead atoms. The zero-order valence-electron chi connectivity index (χ0n) is 18.2. The van der Waals surface area contributed by atoms with E-state index in [-0.39, 0.29) is 24.9 Å². The smallest absolute Gasteiger partial charge is 0.370 e. The predicted molar refractivity (Wildman–Crippen MR) is 112 cm³/mol. The SMILES string of the molecule is Cc1cc2c(nc(N3CCO[C@@H](c4cnn(C)c4)C3)nc2[C@H]2C[C@H](C(F)(F)F)C2)nc1C. The highest BCUT2D eigenvalue weighted by Crippen LogP contribution is 2.50. The molecule has 2 fully saturated rings.